The fourth-order valence-electron chi connectivity index (χ4n) is 2.08. The van der Waals surface area contributed by atoms with Crippen molar-refractivity contribution in [2.75, 3.05) is 0 Å². The zero-order chi connectivity index (χ0) is 14.1. The largest absolute Gasteiger partial charge is 0.422 e. The Labute approximate surface area is 105 Å². The fourth-order valence-corrected chi connectivity index (χ4v) is 2.08. The average Bonchev–Trinajstić information content (AvgIpc) is 2.23. The molecule has 0 aromatic heterocycles. The second-order valence-corrected chi connectivity index (χ2v) is 4.66. The Morgan fingerprint density at radius 3 is 1.94 bits per heavy atom. The van der Waals surface area contributed by atoms with E-state index in [2.05, 4.69) is 0 Å². The van der Waals surface area contributed by atoms with Crippen LogP contribution in [-0.4, -0.2) is 17.3 Å². The lowest BCUT2D eigenvalue weighted by molar-refractivity contribution is -0.274. The van der Waals surface area contributed by atoms with E-state index < -0.39 is 17.8 Å². The summed E-state index contributed by atoms with van der Waals surface area (Å²) < 4.78 is 39.5. The number of aryl methyl sites for hydroxylation is 2. The second kappa shape index (κ2) is 4.90. The van der Waals surface area contributed by atoms with E-state index in [1.807, 2.05) is 0 Å². The van der Waals surface area contributed by atoms with Gasteiger partial charge in [-0.2, -0.15) is 13.2 Å². The molecule has 0 aliphatic heterocycles. The van der Waals surface area contributed by atoms with Crippen molar-refractivity contribution >= 4 is 0 Å². The predicted molar refractivity (Wildman–Crippen MR) is 64.1 cm³/mol. The minimum absolute atomic E-state index is 0.0308. The highest BCUT2D eigenvalue weighted by Crippen LogP contribution is 2.42. The Hall–Kier alpha value is -1.07. The Bertz CT molecular complexity index is 410. The van der Waals surface area contributed by atoms with Gasteiger partial charge in [0.15, 0.2) is 0 Å². The van der Waals surface area contributed by atoms with Gasteiger partial charge >= 0.3 is 6.18 Å². The third-order valence-electron chi connectivity index (χ3n) is 3.07. The van der Waals surface area contributed by atoms with E-state index in [-0.39, 0.29) is 12.0 Å². The molecule has 2 atom stereocenters. The summed E-state index contributed by atoms with van der Waals surface area (Å²) in [6, 6.07) is 3.02. The Morgan fingerprint density at radius 2 is 1.61 bits per heavy atom. The molecule has 0 saturated heterocycles. The molecule has 0 saturated carbocycles. The van der Waals surface area contributed by atoms with Crippen LogP contribution in [0.3, 0.4) is 0 Å². The first-order valence-electron chi connectivity index (χ1n) is 5.76. The maximum Gasteiger partial charge on any atom is 0.422 e. The normalized spacial score (nSPS) is 17.3. The zero-order valence-electron chi connectivity index (χ0n) is 10.7. The van der Waals surface area contributed by atoms with Gasteiger partial charge in [0.25, 0.3) is 0 Å². The van der Waals surface area contributed by atoms with Crippen LogP contribution in [-0.2, 0) is 5.60 Å². The maximum absolute atomic E-state index is 13.2. The zero-order valence-corrected chi connectivity index (χ0v) is 10.7. The number of aliphatic hydroxyl groups is 1. The molecule has 1 aromatic rings. The number of nitrogens with two attached hydrogens (primary N) is 1. The molecule has 1 aromatic carbocycles. The van der Waals surface area contributed by atoms with Gasteiger partial charge in [0, 0.05) is 6.04 Å². The highest BCUT2D eigenvalue weighted by Gasteiger charge is 2.58. The molecular weight excluding hydrogens is 243 g/mol. The molecule has 2 nitrogen and oxygen atoms in total. The summed E-state index contributed by atoms with van der Waals surface area (Å²) >= 11 is 0. The number of alkyl halides is 3. The summed E-state index contributed by atoms with van der Waals surface area (Å²) in [6.07, 6.45) is -4.77. The van der Waals surface area contributed by atoms with Crippen molar-refractivity contribution in [3.05, 3.63) is 34.9 Å². The van der Waals surface area contributed by atoms with Gasteiger partial charge in [-0.3, -0.25) is 0 Å². The van der Waals surface area contributed by atoms with Gasteiger partial charge in [0.2, 0.25) is 5.60 Å². The molecular formula is C13H18F3NO. The van der Waals surface area contributed by atoms with E-state index >= 15 is 0 Å². The minimum atomic E-state index is -4.80. The molecule has 3 N–H and O–H groups in total. The quantitative estimate of drug-likeness (QED) is 0.878. The third-order valence-corrected chi connectivity index (χ3v) is 3.07. The van der Waals surface area contributed by atoms with Crippen LogP contribution in [0.2, 0.25) is 0 Å². The van der Waals surface area contributed by atoms with Gasteiger partial charge in [0.1, 0.15) is 0 Å². The first-order chi connectivity index (χ1) is 8.12. The van der Waals surface area contributed by atoms with Gasteiger partial charge < -0.3 is 10.8 Å². The van der Waals surface area contributed by atoms with E-state index in [0.717, 1.165) is 0 Å². The van der Waals surface area contributed by atoms with E-state index in [9.17, 15) is 18.3 Å². The number of halogens is 3. The topological polar surface area (TPSA) is 46.2 Å². The lowest BCUT2D eigenvalue weighted by Gasteiger charge is -2.36. The van der Waals surface area contributed by atoms with Crippen molar-refractivity contribution in [3.8, 4) is 0 Å². The molecule has 0 heterocycles. The molecule has 0 radical (unpaired) electrons. The lowest BCUT2D eigenvalue weighted by Crippen LogP contribution is -2.55. The summed E-state index contributed by atoms with van der Waals surface area (Å²) in [5.74, 6) is 0. The second-order valence-electron chi connectivity index (χ2n) is 4.66. The van der Waals surface area contributed by atoms with Gasteiger partial charge in [0.05, 0.1) is 0 Å². The Kier molecular flexibility index (Phi) is 4.08. The van der Waals surface area contributed by atoms with Crippen molar-refractivity contribution in [3.63, 3.8) is 0 Å². The van der Waals surface area contributed by atoms with E-state index in [4.69, 9.17) is 5.73 Å². The van der Waals surface area contributed by atoms with Gasteiger partial charge in [-0.15, -0.1) is 0 Å². The minimum Gasteiger partial charge on any atom is -0.375 e. The number of rotatable bonds is 3. The molecule has 18 heavy (non-hydrogen) atoms. The van der Waals surface area contributed by atoms with Crippen LogP contribution >= 0.6 is 0 Å². The first-order valence-corrected chi connectivity index (χ1v) is 5.76. The number of hydrogen-bond donors (Lipinski definition) is 2. The Balaban J connectivity index is 3.44. The van der Waals surface area contributed by atoms with Crippen LogP contribution in [0.25, 0.3) is 0 Å². The number of hydrogen-bond acceptors (Lipinski definition) is 2. The standard InChI is InChI=1S/C13H18F3NO/c1-4-11(17)12(18,13(14,15)16)10-6-8(2)5-9(3)7-10/h5-7,11,18H,4,17H2,1-3H3. The molecule has 2 unspecified atom stereocenters. The summed E-state index contributed by atoms with van der Waals surface area (Å²) in [4.78, 5) is 0. The SMILES string of the molecule is CCC(N)C(O)(c1cc(C)cc(C)c1)C(F)(F)F. The molecule has 0 amide bonds. The van der Waals surface area contributed by atoms with Crippen molar-refractivity contribution in [1.29, 1.82) is 0 Å². The van der Waals surface area contributed by atoms with Crippen LogP contribution in [0.5, 0.6) is 0 Å². The smallest absolute Gasteiger partial charge is 0.375 e. The monoisotopic (exact) mass is 261 g/mol. The highest BCUT2D eigenvalue weighted by molar-refractivity contribution is 5.34. The number of benzene rings is 1. The van der Waals surface area contributed by atoms with Crippen LogP contribution < -0.4 is 5.73 Å². The van der Waals surface area contributed by atoms with Crippen molar-refractivity contribution in [2.24, 2.45) is 5.73 Å². The Morgan fingerprint density at radius 1 is 1.17 bits per heavy atom. The molecule has 5 heteroatoms. The summed E-state index contributed by atoms with van der Waals surface area (Å²) in [5.41, 5.74) is 3.63. The molecule has 0 bridgehead atoms. The van der Waals surface area contributed by atoms with Gasteiger partial charge in [-0.25, -0.2) is 0 Å². The average molecular weight is 261 g/mol. The summed E-state index contributed by atoms with van der Waals surface area (Å²) in [5, 5.41) is 10.1. The van der Waals surface area contributed by atoms with Crippen molar-refractivity contribution < 1.29 is 18.3 Å². The lowest BCUT2D eigenvalue weighted by atomic mass is 9.83. The van der Waals surface area contributed by atoms with Crippen LogP contribution in [0.4, 0.5) is 13.2 Å². The van der Waals surface area contributed by atoms with Gasteiger partial charge in [-0.05, 0) is 25.8 Å². The molecule has 0 aliphatic rings. The van der Waals surface area contributed by atoms with E-state index in [1.165, 1.54) is 19.1 Å². The summed E-state index contributed by atoms with van der Waals surface area (Å²) in [6.45, 7) is 4.89. The van der Waals surface area contributed by atoms with Crippen molar-refractivity contribution in [1.82, 2.24) is 0 Å². The van der Waals surface area contributed by atoms with E-state index in [0.29, 0.717) is 11.1 Å². The summed E-state index contributed by atoms with van der Waals surface area (Å²) in [7, 11) is 0. The fraction of sp³-hybridized carbons (Fsp3) is 0.538. The van der Waals surface area contributed by atoms with Gasteiger partial charge in [-0.1, -0.05) is 36.2 Å². The van der Waals surface area contributed by atoms with Crippen LogP contribution in [0, 0.1) is 13.8 Å². The van der Waals surface area contributed by atoms with Crippen molar-refractivity contribution in [2.45, 2.75) is 45.0 Å². The molecule has 0 aliphatic carbocycles. The predicted octanol–water partition coefficient (Wildman–Crippen LogP) is 2.79. The molecule has 0 fully saturated rings. The highest BCUT2D eigenvalue weighted by atomic mass is 19.4. The molecule has 102 valence electrons. The van der Waals surface area contributed by atoms with Crippen LogP contribution in [0.15, 0.2) is 18.2 Å². The maximum atomic E-state index is 13.2. The van der Waals surface area contributed by atoms with E-state index in [1.54, 1.807) is 19.9 Å². The first kappa shape index (κ1) is 15.0. The third kappa shape index (κ3) is 2.52. The molecule has 0 spiro atoms. The molecule has 1 rings (SSSR count). The van der Waals surface area contributed by atoms with Crippen LogP contribution in [0.1, 0.15) is 30.0 Å².